The highest BCUT2D eigenvalue weighted by Crippen LogP contribution is 2.26. The predicted molar refractivity (Wildman–Crippen MR) is 83.6 cm³/mol. The lowest BCUT2D eigenvalue weighted by Gasteiger charge is -2.48. The van der Waals surface area contributed by atoms with E-state index in [-0.39, 0.29) is 5.54 Å². The Labute approximate surface area is 123 Å². The third-order valence-electron chi connectivity index (χ3n) is 5.05. The summed E-state index contributed by atoms with van der Waals surface area (Å²) in [6, 6.07) is 0.595. The SMILES string of the molecule is CCC1(CC)CN(Cc2nccn2C)C(C(C)C)CN1. The Morgan fingerprint density at radius 2 is 2.10 bits per heavy atom. The first-order valence-electron chi connectivity index (χ1n) is 7.96. The van der Waals surface area contributed by atoms with Gasteiger partial charge in [0.05, 0.1) is 6.54 Å². The average molecular weight is 278 g/mol. The van der Waals surface area contributed by atoms with Gasteiger partial charge in [0.1, 0.15) is 5.82 Å². The van der Waals surface area contributed by atoms with Gasteiger partial charge in [-0.3, -0.25) is 4.90 Å². The van der Waals surface area contributed by atoms with Crippen molar-refractivity contribution in [1.82, 2.24) is 19.8 Å². The lowest BCUT2D eigenvalue weighted by Crippen LogP contribution is -2.64. The smallest absolute Gasteiger partial charge is 0.122 e. The van der Waals surface area contributed by atoms with E-state index in [0.29, 0.717) is 12.0 Å². The van der Waals surface area contributed by atoms with Gasteiger partial charge in [0.15, 0.2) is 0 Å². The number of aromatic nitrogens is 2. The maximum atomic E-state index is 4.50. The highest BCUT2D eigenvalue weighted by molar-refractivity contribution is 5.00. The topological polar surface area (TPSA) is 33.1 Å². The molecule has 0 bridgehead atoms. The Morgan fingerprint density at radius 3 is 2.60 bits per heavy atom. The van der Waals surface area contributed by atoms with E-state index >= 15 is 0 Å². The Kier molecular flexibility index (Phi) is 4.86. The molecule has 114 valence electrons. The molecule has 1 saturated heterocycles. The first-order chi connectivity index (χ1) is 9.51. The summed E-state index contributed by atoms with van der Waals surface area (Å²) in [7, 11) is 2.09. The van der Waals surface area contributed by atoms with Crippen LogP contribution in [0.15, 0.2) is 12.4 Å². The van der Waals surface area contributed by atoms with Gasteiger partial charge in [0, 0.05) is 44.1 Å². The minimum Gasteiger partial charge on any atom is -0.337 e. The van der Waals surface area contributed by atoms with Crippen molar-refractivity contribution in [2.45, 2.75) is 58.7 Å². The number of aryl methyl sites for hydroxylation is 1. The molecule has 0 aromatic carbocycles. The van der Waals surface area contributed by atoms with E-state index in [9.17, 15) is 0 Å². The molecule has 1 aliphatic heterocycles. The van der Waals surface area contributed by atoms with Crippen LogP contribution in [0.25, 0.3) is 0 Å². The number of piperazine rings is 1. The molecule has 0 aliphatic carbocycles. The van der Waals surface area contributed by atoms with Crippen molar-refractivity contribution in [3.05, 3.63) is 18.2 Å². The van der Waals surface area contributed by atoms with Crippen LogP contribution in [0.3, 0.4) is 0 Å². The molecular weight excluding hydrogens is 248 g/mol. The third-order valence-corrected chi connectivity index (χ3v) is 5.05. The van der Waals surface area contributed by atoms with Crippen molar-refractivity contribution in [2.75, 3.05) is 13.1 Å². The molecule has 1 unspecified atom stereocenters. The molecule has 2 rings (SSSR count). The van der Waals surface area contributed by atoms with Gasteiger partial charge in [0.2, 0.25) is 0 Å². The van der Waals surface area contributed by atoms with Crippen LogP contribution in [0.1, 0.15) is 46.4 Å². The van der Waals surface area contributed by atoms with Crippen molar-refractivity contribution < 1.29 is 0 Å². The second kappa shape index (κ2) is 6.27. The van der Waals surface area contributed by atoms with Gasteiger partial charge >= 0.3 is 0 Å². The molecule has 2 heterocycles. The molecule has 1 aliphatic rings. The summed E-state index contributed by atoms with van der Waals surface area (Å²) in [6.07, 6.45) is 6.31. The predicted octanol–water partition coefficient (Wildman–Crippen LogP) is 2.41. The zero-order valence-electron chi connectivity index (χ0n) is 13.7. The third kappa shape index (κ3) is 3.07. The highest BCUT2D eigenvalue weighted by Gasteiger charge is 2.37. The molecule has 1 aromatic heterocycles. The Bertz CT molecular complexity index is 420. The first-order valence-corrected chi connectivity index (χ1v) is 7.96. The standard InChI is InChI=1S/C16H30N4/c1-6-16(7-2)12-20(14(10-18-16)13(3)4)11-15-17-8-9-19(15)5/h8-9,13-14,18H,6-7,10-12H2,1-5H3. The highest BCUT2D eigenvalue weighted by atomic mass is 15.3. The normalized spacial score (nSPS) is 23.4. The molecule has 20 heavy (non-hydrogen) atoms. The van der Waals surface area contributed by atoms with Crippen LogP contribution in [0, 0.1) is 5.92 Å². The summed E-state index contributed by atoms with van der Waals surface area (Å²) in [6.45, 7) is 12.4. The lowest BCUT2D eigenvalue weighted by molar-refractivity contribution is 0.0418. The molecular formula is C16H30N4. The summed E-state index contributed by atoms with van der Waals surface area (Å²) in [5, 5.41) is 3.82. The number of hydrogen-bond donors (Lipinski definition) is 1. The molecule has 0 spiro atoms. The molecule has 1 aromatic rings. The van der Waals surface area contributed by atoms with Crippen LogP contribution in [-0.2, 0) is 13.6 Å². The molecule has 1 atom stereocenters. The van der Waals surface area contributed by atoms with Crippen molar-refractivity contribution in [3.63, 3.8) is 0 Å². The second-order valence-electron chi connectivity index (χ2n) is 6.54. The number of hydrogen-bond acceptors (Lipinski definition) is 3. The van der Waals surface area contributed by atoms with E-state index in [0.717, 1.165) is 19.6 Å². The first kappa shape index (κ1) is 15.5. The van der Waals surface area contributed by atoms with Gasteiger partial charge in [-0.15, -0.1) is 0 Å². The van der Waals surface area contributed by atoms with Crippen LogP contribution in [0.2, 0.25) is 0 Å². The average Bonchev–Trinajstić information content (AvgIpc) is 2.84. The fraction of sp³-hybridized carbons (Fsp3) is 0.812. The number of rotatable bonds is 5. The minimum atomic E-state index is 0.274. The number of nitrogens with one attached hydrogen (secondary N) is 1. The van der Waals surface area contributed by atoms with Crippen molar-refractivity contribution in [2.24, 2.45) is 13.0 Å². The molecule has 1 N–H and O–H groups in total. The fourth-order valence-electron chi connectivity index (χ4n) is 3.30. The fourth-order valence-corrected chi connectivity index (χ4v) is 3.30. The zero-order valence-corrected chi connectivity index (χ0v) is 13.7. The molecule has 0 saturated carbocycles. The van der Waals surface area contributed by atoms with E-state index in [1.807, 2.05) is 12.4 Å². The van der Waals surface area contributed by atoms with Gasteiger partial charge < -0.3 is 9.88 Å². The molecule has 1 fully saturated rings. The molecule has 0 radical (unpaired) electrons. The van der Waals surface area contributed by atoms with E-state index in [2.05, 4.69) is 54.5 Å². The van der Waals surface area contributed by atoms with E-state index in [1.54, 1.807) is 0 Å². The summed E-state index contributed by atoms with van der Waals surface area (Å²) in [4.78, 5) is 7.14. The van der Waals surface area contributed by atoms with Crippen LogP contribution < -0.4 is 5.32 Å². The van der Waals surface area contributed by atoms with Crippen LogP contribution in [0.4, 0.5) is 0 Å². The summed E-state index contributed by atoms with van der Waals surface area (Å²) in [5.41, 5.74) is 0.274. The molecule has 4 nitrogen and oxygen atoms in total. The summed E-state index contributed by atoms with van der Waals surface area (Å²) < 4.78 is 2.14. The van der Waals surface area contributed by atoms with E-state index < -0.39 is 0 Å². The van der Waals surface area contributed by atoms with Crippen LogP contribution in [-0.4, -0.2) is 39.1 Å². The van der Waals surface area contributed by atoms with Gasteiger partial charge in [-0.25, -0.2) is 4.98 Å². The molecule has 0 amide bonds. The largest absolute Gasteiger partial charge is 0.337 e. The van der Waals surface area contributed by atoms with Crippen LogP contribution in [0.5, 0.6) is 0 Å². The Hall–Kier alpha value is -0.870. The zero-order chi connectivity index (χ0) is 14.8. The van der Waals surface area contributed by atoms with Crippen LogP contribution >= 0.6 is 0 Å². The van der Waals surface area contributed by atoms with Crippen molar-refractivity contribution >= 4 is 0 Å². The van der Waals surface area contributed by atoms with Gasteiger partial charge in [0.25, 0.3) is 0 Å². The number of imidazole rings is 1. The second-order valence-corrected chi connectivity index (χ2v) is 6.54. The Balaban J connectivity index is 2.17. The van der Waals surface area contributed by atoms with Crippen molar-refractivity contribution in [1.29, 1.82) is 0 Å². The molecule has 4 heteroatoms. The summed E-state index contributed by atoms with van der Waals surface area (Å²) >= 11 is 0. The quantitative estimate of drug-likeness (QED) is 0.898. The summed E-state index contributed by atoms with van der Waals surface area (Å²) in [5.74, 6) is 1.83. The van der Waals surface area contributed by atoms with E-state index in [1.165, 1.54) is 18.7 Å². The Morgan fingerprint density at radius 1 is 1.40 bits per heavy atom. The lowest BCUT2D eigenvalue weighted by atomic mass is 9.86. The monoisotopic (exact) mass is 278 g/mol. The number of nitrogens with zero attached hydrogens (tertiary/aromatic N) is 3. The van der Waals surface area contributed by atoms with Gasteiger partial charge in [-0.05, 0) is 18.8 Å². The maximum Gasteiger partial charge on any atom is 0.122 e. The van der Waals surface area contributed by atoms with Crippen molar-refractivity contribution in [3.8, 4) is 0 Å². The van der Waals surface area contributed by atoms with Gasteiger partial charge in [-0.2, -0.15) is 0 Å². The van der Waals surface area contributed by atoms with E-state index in [4.69, 9.17) is 0 Å². The maximum absolute atomic E-state index is 4.50. The minimum absolute atomic E-state index is 0.274. The van der Waals surface area contributed by atoms with Gasteiger partial charge in [-0.1, -0.05) is 27.7 Å².